The Kier molecular flexibility index (Phi) is 4.78. The number of aromatic nitrogens is 3. The van der Waals surface area contributed by atoms with E-state index in [0.29, 0.717) is 11.8 Å². The van der Waals surface area contributed by atoms with Crippen molar-refractivity contribution in [2.24, 2.45) is 5.92 Å². The minimum absolute atomic E-state index is 0.183. The molecule has 6 nitrogen and oxygen atoms in total. The van der Waals surface area contributed by atoms with Gasteiger partial charge in [0.15, 0.2) is 0 Å². The number of amides is 1. The van der Waals surface area contributed by atoms with Gasteiger partial charge in [-0.05, 0) is 37.9 Å². The molecule has 0 aliphatic carbocycles. The number of imidazole rings is 1. The van der Waals surface area contributed by atoms with Crippen molar-refractivity contribution in [1.82, 2.24) is 24.8 Å². The van der Waals surface area contributed by atoms with Crippen LogP contribution < -0.4 is 5.32 Å². The molecule has 0 spiro atoms. The van der Waals surface area contributed by atoms with E-state index in [1.165, 1.54) is 0 Å². The maximum atomic E-state index is 12.6. The van der Waals surface area contributed by atoms with E-state index in [4.69, 9.17) is 0 Å². The van der Waals surface area contributed by atoms with Crippen LogP contribution in [0.1, 0.15) is 36.7 Å². The zero-order valence-corrected chi connectivity index (χ0v) is 14.5. The number of rotatable bonds is 4. The number of nitrogens with one attached hydrogen (secondary N) is 1. The van der Waals surface area contributed by atoms with Crippen molar-refractivity contribution in [3.05, 3.63) is 48.3 Å². The van der Waals surface area contributed by atoms with E-state index in [9.17, 15) is 4.79 Å². The van der Waals surface area contributed by atoms with Gasteiger partial charge in [0, 0.05) is 44.1 Å². The summed E-state index contributed by atoms with van der Waals surface area (Å²) in [5, 5.41) is 3.29. The quantitative estimate of drug-likeness (QED) is 0.920. The second kappa shape index (κ2) is 7.35. The van der Waals surface area contributed by atoms with Crippen LogP contribution in [0, 0.1) is 5.92 Å². The molecule has 2 saturated heterocycles. The lowest BCUT2D eigenvalue weighted by molar-refractivity contribution is -0.136. The molecule has 6 heteroatoms. The highest BCUT2D eigenvalue weighted by Gasteiger charge is 2.31. The normalized spacial score (nSPS) is 21.6. The Labute approximate surface area is 148 Å². The fraction of sp³-hybridized carbons (Fsp3) is 0.526. The van der Waals surface area contributed by atoms with Gasteiger partial charge in [-0.3, -0.25) is 9.78 Å². The summed E-state index contributed by atoms with van der Waals surface area (Å²) >= 11 is 0. The molecule has 0 bridgehead atoms. The summed E-state index contributed by atoms with van der Waals surface area (Å²) in [5.74, 6) is 2.06. The molecule has 25 heavy (non-hydrogen) atoms. The van der Waals surface area contributed by atoms with Crippen molar-refractivity contribution < 1.29 is 4.79 Å². The van der Waals surface area contributed by atoms with Crippen LogP contribution in [0.5, 0.6) is 0 Å². The molecular formula is C19H25N5O. The van der Waals surface area contributed by atoms with Crippen LogP contribution in [0.25, 0.3) is 0 Å². The van der Waals surface area contributed by atoms with Gasteiger partial charge in [-0.25, -0.2) is 4.98 Å². The number of carbonyl (C=O) groups excluding carboxylic acids is 1. The van der Waals surface area contributed by atoms with E-state index in [1.807, 2.05) is 36.8 Å². The molecular weight excluding hydrogens is 314 g/mol. The second-order valence-electron chi connectivity index (χ2n) is 7.02. The van der Waals surface area contributed by atoms with Crippen molar-refractivity contribution in [3.8, 4) is 0 Å². The number of carbonyl (C=O) groups is 1. The SMILES string of the molecule is O=C(C1CCNC1)N1CCC(c2nccn2Cc2ccccn2)CC1. The zero-order valence-electron chi connectivity index (χ0n) is 14.5. The predicted molar refractivity (Wildman–Crippen MR) is 95.1 cm³/mol. The number of pyridine rings is 1. The summed E-state index contributed by atoms with van der Waals surface area (Å²) in [4.78, 5) is 23.6. The van der Waals surface area contributed by atoms with Crippen molar-refractivity contribution in [3.63, 3.8) is 0 Å². The van der Waals surface area contributed by atoms with Crippen molar-refractivity contribution in [1.29, 1.82) is 0 Å². The minimum atomic E-state index is 0.183. The van der Waals surface area contributed by atoms with E-state index in [-0.39, 0.29) is 5.92 Å². The van der Waals surface area contributed by atoms with Gasteiger partial charge in [-0.1, -0.05) is 6.07 Å². The molecule has 1 amide bonds. The topological polar surface area (TPSA) is 63.1 Å². The van der Waals surface area contributed by atoms with Crippen LogP contribution in [0.15, 0.2) is 36.8 Å². The first-order valence-electron chi connectivity index (χ1n) is 9.21. The lowest BCUT2D eigenvalue weighted by Gasteiger charge is -2.33. The standard InChI is InChI=1S/C19H25N5O/c25-19(16-4-8-20-13-16)23-10-5-15(6-11-23)18-22-9-12-24(18)14-17-3-1-2-7-21-17/h1-3,7,9,12,15-16,20H,4-6,8,10-11,13-14H2. The van der Waals surface area contributed by atoms with Crippen LogP contribution in [-0.2, 0) is 11.3 Å². The van der Waals surface area contributed by atoms with Crippen molar-refractivity contribution in [2.45, 2.75) is 31.7 Å². The van der Waals surface area contributed by atoms with Gasteiger partial charge in [0.05, 0.1) is 18.2 Å². The number of nitrogens with zero attached hydrogens (tertiary/aromatic N) is 4. The first-order valence-corrected chi connectivity index (χ1v) is 9.21. The maximum absolute atomic E-state index is 12.6. The fourth-order valence-electron chi connectivity index (χ4n) is 3.96. The smallest absolute Gasteiger partial charge is 0.227 e. The average Bonchev–Trinajstić information content (AvgIpc) is 3.34. The Bertz CT molecular complexity index is 700. The Morgan fingerprint density at radius 3 is 2.76 bits per heavy atom. The summed E-state index contributed by atoms with van der Waals surface area (Å²) in [6, 6.07) is 5.99. The largest absolute Gasteiger partial charge is 0.342 e. The Balaban J connectivity index is 1.38. The Hall–Kier alpha value is -2.21. The molecule has 1 unspecified atom stereocenters. The summed E-state index contributed by atoms with van der Waals surface area (Å²) in [6.07, 6.45) is 8.70. The van der Waals surface area contributed by atoms with Gasteiger partial charge in [0.2, 0.25) is 5.91 Å². The summed E-state index contributed by atoms with van der Waals surface area (Å²) in [6.45, 7) is 4.25. The van der Waals surface area contributed by atoms with E-state index in [1.54, 1.807) is 0 Å². The summed E-state index contributed by atoms with van der Waals surface area (Å²) in [7, 11) is 0. The third kappa shape index (κ3) is 3.58. The summed E-state index contributed by atoms with van der Waals surface area (Å²) < 4.78 is 2.20. The van der Waals surface area contributed by atoms with E-state index >= 15 is 0 Å². The second-order valence-corrected chi connectivity index (χ2v) is 7.02. The highest BCUT2D eigenvalue weighted by molar-refractivity contribution is 5.79. The molecule has 1 atom stereocenters. The van der Waals surface area contributed by atoms with Gasteiger partial charge < -0.3 is 14.8 Å². The molecule has 132 valence electrons. The van der Waals surface area contributed by atoms with Crippen LogP contribution in [0.4, 0.5) is 0 Å². The highest BCUT2D eigenvalue weighted by atomic mass is 16.2. The first kappa shape index (κ1) is 16.3. The maximum Gasteiger partial charge on any atom is 0.227 e. The van der Waals surface area contributed by atoms with Crippen LogP contribution in [-0.4, -0.2) is 51.5 Å². The zero-order chi connectivity index (χ0) is 17.1. The third-order valence-corrected chi connectivity index (χ3v) is 5.39. The van der Waals surface area contributed by atoms with Gasteiger partial charge in [0.1, 0.15) is 5.82 Å². The Morgan fingerprint density at radius 1 is 1.16 bits per heavy atom. The fourth-order valence-corrected chi connectivity index (χ4v) is 3.96. The third-order valence-electron chi connectivity index (χ3n) is 5.39. The van der Waals surface area contributed by atoms with Crippen molar-refractivity contribution in [2.75, 3.05) is 26.2 Å². The molecule has 4 heterocycles. The van der Waals surface area contributed by atoms with E-state index < -0.39 is 0 Å². The minimum Gasteiger partial charge on any atom is -0.342 e. The predicted octanol–water partition coefficient (Wildman–Crippen LogP) is 1.64. The van der Waals surface area contributed by atoms with Crippen LogP contribution in [0.3, 0.4) is 0 Å². The molecule has 0 aromatic carbocycles. The highest BCUT2D eigenvalue weighted by Crippen LogP contribution is 2.28. The van der Waals surface area contributed by atoms with Gasteiger partial charge in [-0.2, -0.15) is 0 Å². The monoisotopic (exact) mass is 339 g/mol. The van der Waals surface area contributed by atoms with Crippen LogP contribution >= 0.6 is 0 Å². The van der Waals surface area contributed by atoms with Crippen molar-refractivity contribution >= 4 is 5.91 Å². The molecule has 2 aliphatic rings. The lowest BCUT2D eigenvalue weighted by atomic mass is 9.94. The average molecular weight is 339 g/mol. The number of likely N-dealkylation sites (tertiary alicyclic amines) is 1. The van der Waals surface area contributed by atoms with E-state index in [2.05, 4.69) is 24.8 Å². The van der Waals surface area contributed by atoms with E-state index in [0.717, 1.165) is 63.5 Å². The molecule has 4 rings (SSSR count). The molecule has 0 saturated carbocycles. The lowest BCUT2D eigenvalue weighted by Crippen LogP contribution is -2.42. The number of hydrogen-bond donors (Lipinski definition) is 1. The molecule has 2 aromatic heterocycles. The molecule has 0 radical (unpaired) electrons. The number of piperidine rings is 1. The van der Waals surface area contributed by atoms with Crippen LogP contribution in [0.2, 0.25) is 0 Å². The molecule has 2 fully saturated rings. The summed E-state index contributed by atoms with van der Waals surface area (Å²) in [5.41, 5.74) is 1.04. The van der Waals surface area contributed by atoms with Gasteiger partial charge in [-0.15, -0.1) is 0 Å². The Morgan fingerprint density at radius 2 is 2.04 bits per heavy atom. The number of hydrogen-bond acceptors (Lipinski definition) is 4. The molecule has 1 N–H and O–H groups in total. The molecule has 2 aliphatic heterocycles. The first-order chi connectivity index (χ1) is 12.3. The van der Waals surface area contributed by atoms with Gasteiger partial charge >= 0.3 is 0 Å². The van der Waals surface area contributed by atoms with Gasteiger partial charge in [0.25, 0.3) is 0 Å². The molecule has 2 aromatic rings.